The molecule has 1 unspecified atom stereocenters. The van der Waals surface area contributed by atoms with Crippen molar-refractivity contribution in [2.24, 2.45) is 17.8 Å². The highest BCUT2D eigenvalue weighted by atomic mass is 16.4. The minimum atomic E-state index is 0.0209. The summed E-state index contributed by atoms with van der Waals surface area (Å²) < 4.78 is 7.49. The molecule has 0 spiro atoms. The van der Waals surface area contributed by atoms with Gasteiger partial charge in [-0.15, -0.1) is 0 Å². The van der Waals surface area contributed by atoms with E-state index in [1.807, 2.05) is 23.2 Å². The minimum absolute atomic E-state index is 0.0209. The fraction of sp³-hybridized carbons (Fsp3) is 0.529. The number of rotatable bonds is 5. The van der Waals surface area contributed by atoms with Crippen LogP contribution in [0, 0.1) is 17.8 Å². The Morgan fingerprint density at radius 1 is 1.35 bits per heavy atom. The Balaban J connectivity index is 1.35. The lowest BCUT2D eigenvalue weighted by atomic mass is 10.2. The lowest BCUT2D eigenvalue weighted by Gasteiger charge is -2.20. The molecule has 2 aromatic rings. The number of hydrogen-bond donors (Lipinski definition) is 0. The Morgan fingerprint density at radius 3 is 2.78 bits per heavy atom. The molecule has 2 aliphatic rings. The van der Waals surface area contributed by atoms with Crippen LogP contribution in [0.2, 0.25) is 0 Å². The molecule has 3 atom stereocenters. The summed E-state index contributed by atoms with van der Waals surface area (Å²) in [4.78, 5) is 16.7. The van der Waals surface area contributed by atoms with Crippen LogP contribution in [0.5, 0.6) is 0 Å². The average molecular weight is 314 g/mol. The third-order valence-electron chi connectivity index (χ3n) is 4.98. The molecule has 1 aliphatic carbocycles. The average Bonchev–Trinajstić information content (AvgIpc) is 3.04. The number of nitrogens with zero attached hydrogens (tertiary/aromatic N) is 4. The predicted octanol–water partition coefficient (Wildman–Crippen LogP) is 1.40. The number of furan rings is 1. The van der Waals surface area contributed by atoms with Crippen molar-refractivity contribution in [1.29, 1.82) is 0 Å². The summed E-state index contributed by atoms with van der Waals surface area (Å²) in [6.45, 7) is 3.43. The van der Waals surface area contributed by atoms with Crippen LogP contribution in [0.1, 0.15) is 16.3 Å². The SMILES string of the molecule is CN(C)CC1[C@H]2CN(C(=O)c3ccc(Cn4cccn4)o3)C[C@@H]12. The summed E-state index contributed by atoms with van der Waals surface area (Å²) in [7, 11) is 4.22. The van der Waals surface area contributed by atoms with Gasteiger partial charge in [-0.25, -0.2) is 0 Å². The molecule has 0 N–H and O–H groups in total. The van der Waals surface area contributed by atoms with Gasteiger partial charge in [-0.1, -0.05) is 0 Å². The topological polar surface area (TPSA) is 54.5 Å². The molecule has 4 rings (SSSR count). The maximum Gasteiger partial charge on any atom is 0.289 e. The maximum absolute atomic E-state index is 12.6. The smallest absolute Gasteiger partial charge is 0.289 e. The quantitative estimate of drug-likeness (QED) is 0.837. The molecule has 0 radical (unpaired) electrons. The van der Waals surface area contributed by atoms with Crippen molar-refractivity contribution in [3.05, 3.63) is 42.1 Å². The van der Waals surface area contributed by atoms with E-state index in [9.17, 15) is 4.79 Å². The predicted molar refractivity (Wildman–Crippen MR) is 85.0 cm³/mol. The van der Waals surface area contributed by atoms with E-state index in [-0.39, 0.29) is 5.91 Å². The normalized spacial score (nSPS) is 25.9. The molecule has 6 heteroatoms. The highest BCUT2D eigenvalue weighted by Gasteiger charge is 2.56. The van der Waals surface area contributed by atoms with Gasteiger partial charge in [0.25, 0.3) is 5.91 Å². The zero-order valence-corrected chi connectivity index (χ0v) is 13.6. The van der Waals surface area contributed by atoms with Crippen molar-refractivity contribution >= 4 is 5.91 Å². The molecule has 122 valence electrons. The first-order chi connectivity index (χ1) is 11.1. The van der Waals surface area contributed by atoms with E-state index in [4.69, 9.17) is 4.42 Å². The number of aromatic nitrogens is 2. The monoisotopic (exact) mass is 314 g/mol. The van der Waals surface area contributed by atoms with E-state index in [0.29, 0.717) is 24.1 Å². The van der Waals surface area contributed by atoms with Gasteiger partial charge in [0.05, 0.1) is 6.54 Å². The van der Waals surface area contributed by atoms with Crippen LogP contribution in [0.25, 0.3) is 0 Å². The Morgan fingerprint density at radius 2 is 2.13 bits per heavy atom. The van der Waals surface area contributed by atoms with Crippen LogP contribution >= 0.6 is 0 Å². The highest BCUT2D eigenvalue weighted by molar-refractivity contribution is 5.91. The Hall–Kier alpha value is -2.08. The van der Waals surface area contributed by atoms with Crippen molar-refractivity contribution in [1.82, 2.24) is 19.6 Å². The Labute approximate surface area is 135 Å². The summed E-state index contributed by atoms with van der Waals surface area (Å²) in [5.74, 6) is 3.35. The first kappa shape index (κ1) is 14.5. The van der Waals surface area contributed by atoms with Gasteiger partial charge in [0.2, 0.25) is 0 Å². The second-order valence-electron chi connectivity index (χ2n) is 6.93. The molecular weight excluding hydrogens is 292 g/mol. The van der Waals surface area contributed by atoms with Gasteiger partial charge in [-0.2, -0.15) is 5.10 Å². The third kappa shape index (κ3) is 2.79. The lowest BCUT2D eigenvalue weighted by Crippen LogP contribution is -2.32. The van der Waals surface area contributed by atoms with Crippen LogP contribution in [0.4, 0.5) is 0 Å². The number of piperidine rings is 1. The Kier molecular flexibility index (Phi) is 3.49. The molecule has 3 heterocycles. The zero-order valence-electron chi connectivity index (χ0n) is 13.6. The summed E-state index contributed by atoms with van der Waals surface area (Å²) in [6.07, 6.45) is 3.61. The fourth-order valence-corrected chi connectivity index (χ4v) is 3.80. The fourth-order valence-electron chi connectivity index (χ4n) is 3.80. The Bertz CT molecular complexity index is 679. The minimum Gasteiger partial charge on any atom is -0.454 e. The van der Waals surface area contributed by atoms with Crippen molar-refractivity contribution < 1.29 is 9.21 Å². The number of carbonyl (C=O) groups is 1. The number of carbonyl (C=O) groups excluding carboxylic acids is 1. The lowest BCUT2D eigenvalue weighted by molar-refractivity contribution is 0.0731. The van der Waals surface area contributed by atoms with Gasteiger partial charge < -0.3 is 14.2 Å². The summed E-state index contributed by atoms with van der Waals surface area (Å²) >= 11 is 0. The van der Waals surface area contributed by atoms with Crippen LogP contribution < -0.4 is 0 Å². The van der Waals surface area contributed by atoms with Gasteiger partial charge >= 0.3 is 0 Å². The summed E-state index contributed by atoms with van der Waals surface area (Å²) in [5.41, 5.74) is 0. The molecule has 1 amide bonds. The maximum atomic E-state index is 12.6. The van der Waals surface area contributed by atoms with Gasteiger partial charge in [0.15, 0.2) is 5.76 Å². The summed E-state index contributed by atoms with van der Waals surface area (Å²) in [5, 5.41) is 4.15. The van der Waals surface area contributed by atoms with E-state index in [1.54, 1.807) is 16.9 Å². The number of amides is 1. The van der Waals surface area contributed by atoms with Crippen LogP contribution in [-0.2, 0) is 6.54 Å². The number of fused-ring (bicyclic) bond motifs is 1. The highest BCUT2D eigenvalue weighted by Crippen LogP contribution is 2.52. The van der Waals surface area contributed by atoms with Crippen molar-refractivity contribution in [2.45, 2.75) is 6.54 Å². The largest absolute Gasteiger partial charge is 0.454 e. The van der Waals surface area contributed by atoms with Gasteiger partial charge in [0, 0.05) is 32.0 Å². The molecule has 1 saturated heterocycles. The first-order valence-corrected chi connectivity index (χ1v) is 8.12. The second kappa shape index (κ2) is 5.53. The second-order valence-corrected chi connectivity index (χ2v) is 6.93. The molecule has 0 aromatic carbocycles. The molecular formula is C17H22N4O2. The van der Waals surface area contributed by atoms with Crippen LogP contribution in [0.3, 0.4) is 0 Å². The van der Waals surface area contributed by atoms with Gasteiger partial charge in [0.1, 0.15) is 5.76 Å². The molecule has 6 nitrogen and oxygen atoms in total. The molecule has 23 heavy (non-hydrogen) atoms. The van der Waals surface area contributed by atoms with E-state index in [0.717, 1.165) is 31.3 Å². The molecule has 0 bridgehead atoms. The molecule has 2 aromatic heterocycles. The standard InChI is InChI=1S/C17H22N4O2/c1-19(2)9-13-14-10-20(11-15(13)14)17(22)16-5-4-12(23-16)8-21-7-3-6-18-21/h3-7,13-15H,8-11H2,1-2H3/t13?,14-,15+. The first-order valence-electron chi connectivity index (χ1n) is 8.12. The molecule has 1 saturated carbocycles. The van der Waals surface area contributed by atoms with Crippen molar-refractivity contribution in [3.8, 4) is 0 Å². The van der Waals surface area contributed by atoms with Crippen molar-refractivity contribution in [3.63, 3.8) is 0 Å². The third-order valence-corrected chi connectivity index (χ3v) is 4.98. The van der Waals surface area contributed by atoms with E-state index in [1.165, 1.54) is 0 Å². The van der Waals surface area contributed by atoms with Crippen LogP contribution in [-0.4, -0.2) is 59.2 Å². The number of likely N-dealkylation sites (tertiary alicyclic amines) is 1. The zero-order chi connectivity index (χ0) is 16.0. The van der Waals surface area contributed by atoms with E-state index < -0.39 is 0 Å². The summed E-state index contributed by atoms with van der Waals surface area (Å²) in [6, 6.07) is 5.51. The van der Waals surface area contributed by atoms with Gasteiger partial charge in [-0.3, -0.25) is 9.48 Å². The van der Waals surface area contributed by atoms with Crippen LogP contribution in [0.15, 0.2) is 35.0 Å². The molecule has 2 fully saturated rings. The van der Waals surface area contributed by atoms with Gasteiger partial charge in [-0.05, 0) is 50.0 Å². The van der Waals surface area contributed by atoms with E-state index >= 15 is 0 Å². The van der Waals surface area contributed by atoms with E-state index in [2.05, 4.69) is 24.1 Å². The van der Waals surface area contributed by atoms with Crippen molar-refractivity contribution in [2.75, 3.05) is 33.7 Å². The number of hydrogen-bond acceptors (Lipinski definition) is 4. The molecule has 1 aliphatic heterocycles.